The van der Waals surface area contributed by atoms with Gasteiger partial charge in [0.25, 0.3) is 0 Å². The fourth-order valence-corrected chi connectivity index (χ4v) is 1.26. The third-order valence-electron chi connectivity index (χ3n) is 1.87. The average Bonchev–Trinajstić information content (AvgIpc) is 2.34. The molecule has 0 fully saturated rings. The van der Waals surface area contributed by atoms with E-state index in [0.29, 0.717) is 6.54 Å². The molecule has 72 valence electrons. The zero-order valence-electron chi connectivity index (χ0n) is 7.92. The molecule has 3 nitrogen and oxygen atoms in total. The van der Waals surface area contributed by atoms with Crippen LogP contribution in [0.25, 0.3) is 0 Å². The molecule has 4 heteroatoms. The summed E-state index contributed by atoms with van der Waals surface area (Å²) in [5.74, 6) is 0. The Balaban J connectivity index is 2.78. The number of allylic oxidation sites excluding steroid dienone is 1. The number of nitrogens with zero attached hydrogens (tertiary/aromatic N) is 2. The summed E-state index contributed by atoms with van der Waals surface area (Å²) in [6, 6.07) is 0. The van der Waals surface area contributed by atoms with Crippen LogP contribution in [0.5, 0.6) is 0 Å². The van der Waals surface area contributed by atoms with Gasteiger partial charge in [-0.15, -0.1) is 0 Å². The van der Waals surface area contributed by atoms with Crippen molar-refractivity contribution in [2.45, 2.75) is 20.4 Å². The first-order valence-electron chi connectivity index (χ1n) is 4.21. The Hall–Kier alpha value is -0.800. The zero-order valence-corrected chi connectivity index (χ0v) is 8.67. The van der Waals surface area contributed by atoms with E-state index in [1.54, 1.807) is 0 Å². The molecule has 1 aromatic heterocycles. The highest BCUT2D eigenvalue weighted by Gasteiger charge is 2.06. The van der Waals surface area contributed by atoms with E-state index in [2.05, 4.69) is 5.10 Å². The van der Waals surface area contributed by atoms with Crippen LogP contribution in [0.2, 0.25) is 5.02 Å². The first kappa shape index (κ1) is 10.3. The van der Waals surface area contributed by atoms with Gasteiger partial charge < -0.3 is 5.73 Å². The highest BCUT2D eigenvalue weighted by Crippen LogP contribution is 2.18. The topological polar surface area (TPSA) is 43.8 Å². The van der Waals surface area contributed by atoms with E-state index in [1.807, 2.05) is 30.7 Å². The van der Waals surface area contributed by atoms with Gasteiger partial charge in [0.05, 0.1) is 23.0 Å². The predicted octanol–water partition coefficient (Wildman–Crippen LogP) is 1.67. The summed E-state index contributed by atoms with van der Waals surface area (Å²) >= 11 is 5.98. The Morgan fingerprint density at radius 2 is 2.15 bits per heavy atom. The SMILES string of the molecule is Cc1nn(CC=CCN)c(C)c1Cl. The molecular formula is C9H14ClN3. The van der Waals surface area contributed by atoms with Gasteiger partial charge in [-0.1, -0.05) is 23.8 Å². The van der Waals surface area contributed by atoms with E-state index in [1.165, 1.54) is 0 Å². The quantitative estimate of drug-likeness (QED) is 0.753. The molecule has 1 rings (SSSR count). The summed E-state index contributed by atoms with van der Waals surface area (Å²) < 4.78 is 1.86. The summed E-state index contributed by atoms with van der Waals surface area (Å²) in [7, 11) is 0. The predicted molar refractivity (Wildman–Crippen MR) is 54.9 cm³/mol. The van der Waals surface area contributed by atoms with Crippen molar-refractivity contribution in [1.82, 2.24) is 9.78 Å². The maximum absolute atomic E-state index is 5.98. The van der Waals surface area contributed by atoms with E-state index in [0.717, 1.165) is 23.0 Å². The standard InChI is InChI=1S/C9H14ClN3/c1-7-9(10)8(2)13(12-7)6-4-3-5-11/h3-4H,5-6,11H2,1-2H3. The highest BCUT2D eigenvalue weighted by atomic mass is 35.5. The number of hydrogen-bond donors (Lipinski definition) is 1. The lowest BCUT2D eigenvalue weighted by atomic mass is 10.4. The van der Waals surface area contributed by atoms with Crippen LogP contribution in [0.1, 0.15) is 11.4 Å². The molecule has 0 unspecified atom stereocenters. The number of nitrogens with two attached hydrogens (primary N) is 1. The molecule has 0 aliphatic rings. The number of aromatic nitrogens is 2. The molecule has 0 saturated carbocycles. The van der Waals surface area contributed by atoms with Crippen LogP contribution in [0.3, 0.4) is 0 Å². The maximum Gasteiger partial charge on any atom is 0.0844 e. The molecule has 0 spiro atoms. The van der Waals surface area contributed by atoms with Crippen molar-refractivity contribution in [3.8, 4) is 0 Å². The fraction of sp³-hybridized carbons (Fsp3) is 0.444. The van der Waals surface area contributed by atoms with E-state index in [9.17, 15) is 0 Å². The molecule has 0 saturated heterocycles. The normalized spacial score (nSPS) is 11.4. The molecule has 0 radical (unpaired) electrons. The average molecular weight is 200 g/mol. The lowest BCUT2D eigenvalue weighted by molar-refractivity contribution is 0.671. The van der Waals surface area contributed by atoms with Gasteiger partial charge in [0.15, 0.2) is 0 Å². The van der Waals surface area contributed by atoms with Crippen molar-refractivity contribution in [3.05, 3.63) is 28.6 Å². The van der Waals surface area contributed by atoms with Crippen LogP contribution in [0.15, 0.2) is 12.2 Å². The number of aryl methyl sites for hydroxylation is 1. The van der Waals surface area contributed by atoms with Gasteiger partial charge in [0, 0.05) is 6.54 Å². The lowest BCUT2D eigenvalue weighted by Gasteiger charge is -1.98. The van der Waals surface area contributed by atoms with Crippen molar-refractivity contribution in [2.24, 2.45) is 5.73 Å². The first-order chi connectivity index (χ1) is 6.16. The molecule has 0 aliphatic carbocycles. The summed E-state index contributed by atoms with van der Waals surface area (Å²) in [6.45, 7) is 5.15. The van der Waals surface area contributed by atoms with E-state index in [4.69, 9.17) is 17.3 Å². The van der Waals surface area contributed by atoms with Gasteiger partial charge >= 0.3 is 0 Å². The lowest BCUT2D eigenvalue weighted by Crippen LogP contribution is -2.01. The third-order valence-corrected chi connectivity index (χ3v) is 2.42. The highest BCUT2D eigenvalue weighted by molar-refractivity contribution is 6.31. The van der Waals surface area contributed by atoms with Gasteiger partial charge in [-0.2, -0.15) is 5.10 Å². The molecule has 0 aromatic carbocycles. The van der Waals surface area contributed by atoms with Crippen molar-refractivity contribution in [3.63, 3.8) is 0 Å². The third kappa shape index (κ3) is 2.32. The summed E-state index contributed by atoms with van der Waals surface area (Å²) in [6.07, 6.45) is 3.89. The Morgan fingerprint density at radius 3 is 2.62 bits per heavy atom. The van der Waals surface area contributed by atoms with Crippen LogP contribution in [0.4, 0.5) is 0 Å². The van der Waals surface area contributed by atoms with Crippen molar-refractivity contribution < 1.29 is 0 Å². The van der Waals surface area contributed by atoms with Gasteiger partial charge in [-0.05, 0) is 13.8 Å². The summed E-state index contributed by atoms with van der Waals surface area (Å²) in [5, 5.41) is 5.03. The second-order valence-electron chi connectivity index (χ2n) is 2.87. The van der Waals surface area contributed by atoms with E-state index < -0.39 is 0 Å². The minimum atomic E-state index is 0.563. The second-order valence-corrected chi connectivity index (χ2v) is 3.25. The first-order valence-corrected chi connectivity index (χ1v) is 4.59. The van der Waals surface area contributed by atoms with E-state index >= 15 is 0 Å². The van der Waals surface area contributed by atoms with Crippen LogP contribution in [-0.2, 0) is 6.54 Å². The molecule has 2 N–H and O–H groups in total. The molecule has 1 heterocycles. The number of hydrogen-bond acceptors (Lipinski definition) is 2. The minimum Gasteiger partial charge on any atom is -0.327 e. The van der Waals surface area contributed by atoms with E-state index in [-0.39, 0.29) is 0 Å². The number of halogens is 1. The Kier molecular flexibility index (Phi) is 3.51. The molecule has 0 atom stereocenters. The van der Waals surface area contributed by atoms with Gasteiger partial charge in [0.1, 0.15) is 0 Å². The Bertz CT molecular complexity index is 315. The zero-order chi connectivity index (χ0) is 9.84. The largest absolute Gasteiger partial charge is 0.327 e. The van der Waals surface area contributed by atoms with Crippen molar-refractivity contribution in [1.29, 1.82) is 0 Å². The minimum absolute atomic E-state index is 0.563. The summed E-state index contributed by atoms with van der Waals surface area (Å²) in [5.41, 5.74) is 7.20. The monoisotopic (exact) mass is 199 g/mol. The maximum atomic E-state index is 5.98. The van der Waals surface area contributed by atoms with Gasteiger partial charge in [-0.3, -0.25) is 4.68 Å². The molecule has 0 bridgehead atoms. The van der Waals surface area contributed by atoms with Crippen LogP contribution in [0, 0.1) is 13.8 Å². The fourth-order valence-electron chi connectivity index (χ4n) is 1.12. The van der Waals surface area contributed by atoms with Gasteiger partial charge in [-0.25, -0.2) is 0 Å². The van der Waals surface area contributed by atoms with Gasteiger partial charge in [0.2, 0.25) is 0 Å². The molecule has 0 aliphatic heterocycles. The Morgan fingerprint density at radius 1 is 1.46 bits per heavy atom. The summed E-state index contributed by atoms with van der Waals surface area (Å²) in [4.78, 5) is 0. The Labute approximate surface area is 83.2 Å². The van der Waals surface area contributed by atoms with Crippen molar-refractivity contribution >= 4 is 11.6 Å². The van der Waals surface area contributed by atoms with Crippen LogP contribution in [-0.4, -0.2) is 16.3 Å². The van der Waals surface area contributed by atoms with Crippen LogP contribution < -0.4 is 5.73 Å². The molecule has 1 aromatic rings. The smallest absolute Gasteiger partial charge is 0.0844 e. The molecule has 13 heavy (non-hydrogen) atoms. The number of rotatable bonds is 3. The van der Waals surface area contributed by atoms with Crippen molar-refractivity contribution in [2.75, 3.05) is 6.54 Å². The second kappa shape index (κ2) is 4.44. The van der Waals surface area contributed by atoms with Crippen LogP contribution >= 0.6 is 11.6 Å². The molecule has 0 amide bonds. The molecular weight excluding hydrogens is 186 g/mol.